The molecular weight excluding hydrogens is 332 g/mol. The molecule has 0 unspecified atom stereocenters. The number of rotatable bonds is 5. The Morgan fingerprint density at radius 2 is 1.96 bits per heavy atom. The highest BCUT2D eigenvalue weighted by Crippen LogP contribution is 2.34. The van der Waals surface area contributed by atoms with Gasteiger partial charge in [0.2, 0.25) is 5.91 Å². The Balaban J connectivity index is 1.55. The van der Waals surface area contributed by atoms with Crippen molar-refractivity contribution in [3.8, 4) is 0 Å². The zero-order valence-electron chi connectivity index (χ0n) is 16.4. The predicted octanol–water partition coefficient (Wildman–Crippen LogP) is 1.27. The van der Waals surface area contributed by atoms with Crippen molar-refractivity contribution in [2.24, 2.45) is 11.7 Å². The smallest absolute Gasteiger partial charge is 0.410 e. The first kappa shape index (κ1) is 19.4. The van der Waals surface area contributed by atoms with Crippen LogP contribution in [0.4, 0.5) is 4.79 Å². The number of likely N-dealkylation sites (tertiary alicyclic amines) is 2. The van der Waals surface area contributed by atoms with Gasteiger partial charge in [-0.1, -0.05) is 26.7 Å². The van der Waals surface area contributed by atoms with Crippen LogP contribution in [0.2, 0.25) is 0 Å². The van der Waals surface area contributed by atoms with Gasteiger partial charge >= 0.3 is 6.09 Å². The summed E-state index contributed by atoms with van der Waals surface area (Å²) >= 11 is 0. The molecule has 7 nitrogen and oxygen atoms in total. The second kappa shape index (κ2) is 7.72. The zero-order chi connectivity index (χ0) is 18.9. The number of nitrogens with zero attached hydrogens (tertiary/aromatic N) is 3. The lowest BCUT2D eigenvalue weighted by atomic mass is 9.90. The molecule has 1 spiro atoms. The monoisotopic (exact) mass is 366 g/mol. The maximum absolute atomic E-state index is 12.8. The number of carbonyl (C=O) groups is 2. The van der Waals surface area contributed by atoms with Crippen molar-refractivity contribution in [2.75, 3.05) is 39.8 Å². The van der Waals surface area contributed by atoms with E-state index >= 15 is 0 Å². The summed E-state index contributed by atoms with van der Waals surface area (Å²) in [4.78, 5) is 31.0. The van der Waals surface area contributed by atoms with E-state index in [1.54, 1.807) is 0 Å². The molecule has 2 amide bonds. The minimum absolute atomic E-state index is 0.0829. The molecule has 0 radical (unpaired) electrons. The highest BCUT2D eigenvalue weighted by atomic mass is 16.6. The van der Waals surface area contributed by atoms with Gasteiger partial charge < -0.3 is 20.3 Å². The predicted molar refractivity (Wildman–Crippen MR) is 99.7 cm³/mol. The molecule has 3 fully saturated rings. The van der Waals surface area contributed by atoms with Crippen molar-refractivity contribution in [3.63, 3.8) is 0 Å². The standard InChI is InChI=1S/C19H34N4O3/c1-4-14(5-2)11-23-13-19(26-18(23)25)6-8-22(9-7-19)17(24)16-10-15(20)12-21(16)3/h14-16H,4-13,20H2,1-3H3/t15-,16-/m0/s1. The van der Waals surface area contributed by atoms with Gasteiger partial charge in [0.1, 0.15) is 5.60 Å². The minimum Gasteiger partial charge on any atom is -0.441 e. The fourth-order valence-electron chi connectivity index (χ4n) is 4.63. The van der Waals surface area contributed by atoms with Crippen LogP contribution in [0.15, 0.2) is 0 Å². The summed E-state index contributed by atoms with van der Waals surface area (Å²) in [6, 6.07) is -0.0175. The third kappa shape index (κ3) is 3.83. The fourth-order valence-corrected chi connectivity index (χ4v) is 4.63. The van der Waals surface area contributed by atoms with Crippen molar-refractivity contribution >= 4 is 12.0 Å². The van der Waals surface area contributed by atoms with Crippen LogP contribution in [0.25, 0.3) is 0 Å². The molecule has 0 aromatic carbocycles. The summed E-state index contributed by atoms with van der Waals surface area (Å²) < 4.78 is 5.80. The second-order valence-electron chi connectivity index (χ2n) is 8.39. The van der Waals surface area contributed by atoms with E-state index in [-0.39, 0.29) is 24.1 Å². The Morgan fingerprint density at radius 1 is 1.31 bits per heavy atom. The Labute approximate surface area is 156 Å². The molecule has 0 bridgehead atoms. The van der Waals surface area contributed by atoms with Gasteiger partial charge in [-0.2, -0.15) is 0 Å². The van der Waals surface area contributed by atoms with Gasteiger partial charge in [0.15, 0.2) is 0 Å². The number of ether oxygens (including phenoxy) is 1. The molecule has 0 aromatic rings. The van der Waals surface area contributed by atoms with Gasteiger partial charge in [0.25, 0.3) is 0 Å². The average molecular weight is 367 g/mol. The Bertz CT molecular complexity index is 529. The Hall–Kier alpha value is -1.34. The highest BCUT2D eigenvalue weighted by Gasteiger charge is 2.48. The van der Waals surface area contributed by atoms with Crippen LogP contribution in [0.3, 0.4) is 0 Å². The summed E-state index contributed by atoms with van der Waals surface area (Å²) in [6.45, 7) is 7.87. The summed E-state index contributed by atoms with van der Waals surface area (Å²) in [5, 5.41) is 0. The molecule has 0 saturated carbocycles. The van der Waals surface area contributed by atoms with E-state index < -0.39 is 5.60 Å². The number of hydrogen-bond donors (Lipinski definition) is 1. The molecule has 0 aliphatic carbocycles. The van der Waals surface area contributed by atoms with Crippen molar-refractivity contribution < 1.29 is 14.3 Å². The van der Waals surface area contributed by atoms with Crippen LogP contribution in [-0.4, -0.2) is 84.2 Å². The number of likely N-dealkylation sites (N-methyl/N-ethyl adjacent to an activating group) is 1. The molecule has 26 heavy (non-hydrogen) atoms. The van der Waals surface area contributed by atoms with Gasteiger partial charge in [0, 0.05) is 45.1 Å². The largest absolute Gasteiger partial charge is 0.441 e. The van der Waals surface area contributed by atoms with Crippen molar-refractivity contribution in [1.29, 1.82) is 0 Å². The molecular formula is C19H34N4O3. The van der Waals surface area contributed by atoms with Crippen molar-refractivity contribution in [3.05, 3.63) is 0 Å². The van der Waals surface area contributed by atoms with E-state index in [1.165, 1.54) is 0 Å². The number of piperidine rings is 1. The van der Waals surface area contributed by atoms with Gasteiger partial charge in [0.05, 0.1) is 12.6 Å². The molecule has 2 atom stereocenters. The lowest BCUT2D eigenvalue weighted by molar-refractivity contribution is -0.139. The van der Waals surface area contributed by atoms with E-state index in [2.05, 4.69) is 18.7 Å². The van der Waals surface area contributed by atoms with Crippen LogP contribution in [0, 0.1) is 5.92 Å². The Morgan fingerprint density at radius 3 is 2.50 bits per heavy atom. The molecule has 3 heterocycles. The molecule has 0 aromatic heterocycles. The maximum atomic E-state index is 12.8. The maximum Gasteiger partial charge on any atom is 0.410 e. The number of nitrogens with two attached hydrogens (primary N) is 1. The highest BCUT2D eigenvalue weighted by molar-refractivity contribution is 5.82. The molecule has 3 aliphatic heterocycles. The molecule has 2 N–H and O–H groups in total. The zero-order valence-corrected chi connectivity index (χ0v) is 16.4. The van der Waals surface area contributed by atoms with E-state index in [9.17, 15) is 9.59 Å². The molecule has 3 rings (SSSR count). The molecule has 7 heteroatoms. The van der Waals surface area contributed by atoms with Gasteiger partial charge in [-0.15, -0.1) is 0 Å². The first-order valence-corrected chi connectivity index (χ1v) is 10.1. The lowest BCUT2D eigenvalue weighted by Gasteiger charge is -2.39. The summed E-state index contributed by atoms with van der Waals surface area (Å²) in [6.07, 6.45) is 4.16. The van der Waals surface area contributed by atoms with Gasteiger partial charge in [-0.3, -0.25) is 9.69 Å². The summed E-state index contributed by atoms with van der Waals surface area (Å²) in [5.41, 5.74) is 5.59. The van der Waals surface area contributed by atoms with E-state index in [1.807, 2.05) is 16.8 Å². The topological polar surface area (TPSA) is 79.1 Å². The third-order valence-electron chi connectivity index (χ3n) is 6.53. The number of hydrogen-bond acceptors (Lipinski definition) is 5. The van der Waals surface area contributed by atoms with E-state index in [0.29, 0.717) is 25.6 Å². The van der Waals surface area contributed by atoms with Gasteiger partial charge in [-0.05, 0) is 19.4 Å². The normalized spacial score (nSPS) is 29.0. The van der Waals surface area contributed by atoms with Crippen LogP contribution >= 0.6 is 0 Å². The van der Waals surface area contributed by atoms with Gasteiger partial charge in [-0.25, -0.2) is 4.79 Å². The summed E-state index contributed by atoms with van der Waals surface area (Å²) in [7, 11) is 1.97. The quantitative estimate of drug-likeness (QED) is 0.793. The lowest BCUT2D eigenvalue weighted by Crippen LogP contribution is -2.52. The van der Waals surface area contributed by atoms with Crippen LogP contribution in [0.1, 0.15) is 46.0 Å². The average Bonchev–Trinajstić information content (AvgIpc) is 3.11. The minimum atomic E-state index is -0.405. The van der Waals surface area contributed by atoms with E-state index in [4.69, 9.17) is 10.5 Å². The van der Waals surface area contributed by atoms with E-state index in [0.717, 1.165) is 45.2 Å². The van der Waals surface area contributed by atoms with Crippen LogP contribution in [0.5, 0.6) is 0 Å². The Kier molecular flexibility index (Phi) is 5.77. The fraction of sp³-hybridized carbons (Fsp3) is 0.895. The van der Waals surface area contributed by atoms with Crippen molar-refractivity contribution in [2.45, 2.75) is 63.6 Å². The van der Waals surface area contributed by atoms with Crippen molar-refractivity contribution in [1.82, 2.24) is 14.7 Å². The molecule has 3 aliphatic rings. The first-order chi connectivity index (χ1) is 12.4. The summed E-state index contributed by atoms with van der Waals surface area (Å²) in [5.74, 6) is 0.704. The third-order valence-corrected chi connectivity index (χ3v) is 6.53. The molecule has 148 valence electrons. The second-order valence-corrected chi connectivity index (χ2v) is 8.39. The van der Waals surface area contributed by atoms with Crippen LogP contribution in [-0.2, 0) is 9.53 Å². The molecule has 3 saturated heterocycles. The number of carbonyl (C=O) groups excluding carboxylic acids is 2. The first-order valence-electron chi connectivity index (χ1n) is 10.1. The number of amides is 2. The van der Waals surface area contributed by atoms with Crippen LogP contribution < -0.4 is 5.73 Å². The SMILES string of the molecule is CCC(CC)CN1CC2(CCN(C(=O)[C@@H]3C[C@H](N)CN3C)CC2)OC1=O.